The number of aromatic nitrogens is 1. The highest BCUT2D eigenvalue weighted by molar-refractivity contribution is 5.94. The van der Waals surface area contributed by atoms with Gasteiger partial charge in [-0.2, -0.15) is 0 Å². The SMILES string of the molecule is O=C1NCCCOc2cccc(c2)C2c3ccc(cc3CCN2C(=O)CCN2CCCC2=O)Oc2cncc1c2. The Labute approximate surface area is 233 Å². The lowest BCUT2D eigenvalue weighted by molar-refractivity contribution is -0.134. The van der Waals surface area contributed by atoms with Crippen LogP contribution >= 0.6 is 0 Å². The smallest absolute Gasteiger partial charge is 0.252 e. The summed E-state index contributed by atoms with van der Waals surface area (Å²) < 4.78 is 12.1. The van der Waals surface area contributed by atoms with E-state index in [1.807, 2.05) is 47.4 Å². The van der Waals surface area contributed by atoms with Gasteiger partial charge in [-0.05, 0) is 66.3 Å². The molecule has 1 atom stereocenters. The Bertz CT molecular complexity index is 1440. The Balaban J connectivity index is 1.34. The number of ether oxygens (including phenoxy) is 2. The zero-order valence-electron chi connectivity index (χ0n) is 22.3. The first-order valence-corrected chi connectivity index (χ1v) is 13.9. The number of likely N-dealkylation sites (tertiary alicyclic amines) is 1. The number of nitrogens with zero attached hydrogens (tertiary/aromatic N) is 3. The van der Waals surface area contributed by atoms with Gasteiger partial charge in [-0.1, -0.05) is 18.2 Å². The van der Waals surface area contributed by atoms with Gasteiger partial charge in [-0.3, -0.25) is 19.4 Å². The Kier molecular flexibility index (Phi) is 7.35. The maximum absolute atomic E-state index is 13.6. The van der Waals surface area contributed by atoms with E-state index in [1.54, 1.807) is 17.2 Å². The molecule has 3 aromatic rings. The van der Waals surface area contributed by atoms with Crippen molar-refractivity contribution in [3.05, 3.63) is 83.2 Å². The molecule has 9 nitrogen and oxygen atoms in total. The normalized spacial score (nSPS) is 18.9. The van der Waals surface area contributed by atoms with Gasteiger partial charge in [0.15, 0.2) is 0 Å². The minimum absolute atomic E-state index is 0.0303. The molecule has 8 bridgehead atoms. The first kappa shape index (κ1) is 25.9. The predicted molar refractivity (Wildman–Crippen MR) is 147 cm³/mol. The minimum Gasteiger partial charge on any atom is -0.494 e. The third-order valence-electron chi connectivity index (χ3n) is 7.69. The van der Waals surface area contributed by atoms with Crippen molar-refractivity contribution in [3.63, 3.8) is 0 Å². The summed E-state index contributed by atoms with van der Waals surface area (Å²) in [4.78, 5) is 46.2. The van der Waals surface area contributed by atoms with Crippen LogP contribution in [-0.4, -0.2) is 65.3 Å². The van der Waals surface area contributed by atoms with Gasteiger partial charge in [0.1, 0.15) is 17.2 Å². The van der Waals surface area contributed by atoms with Crippen LogP contribution in [0.2, 0.25) is 0 Å². The van der Waals surface area contributed by atoms with Gasteiger partial charge in [0.05, 0.1) is 24.4 Å². The van der Waals surface area contributed by atoms with Crippen LogP contribution in [0.3, 0.4) is 0 Å². The van der Waals surface area contributed by atoms with E-state index in [-0.39, 0.29) is 23.8 Å². The second-order valence-corrected chi connectivity index (χ2v) is 10.4. The molecule has 3 amide bonds. The number of fused-ring (bicyclic) bond motifs is 6. The number of benzene rings is 2. The van der Waals surface area contributed by atoms with Crippen molar-refractivity contribution in [2.24, 2.45) is 0 Å². The van der Waals surface area contributed by atoms with Gasteiger partial charge < -0.3 is 24.6 Å². The molecule has 1 saturated heterocycles. The predicted octanol–water partition coefficient (Wildman–Crippen LogP) is 3.87. The highest BCUT2D eigenvalue weighted by atomic mass is 16.5. The van der Waals surface area contributed by atoms with Crippen LogP contribution in [0.5, 0.6) is 17.2 Å². The average Bonchev–Trinajstić information content (AvgIpc) is 3.39. The molecule has 0 saturated carbocycles. The summed E-state index contributed by atoms with van der Waals surface area (Å²) in [5, 5.41) is 2.90. The van der Waals surface area contributed by atoms with Crippen molar-refractivity contribution in [2.45, 2.75) is 38.1 Å². The van der Waals surface area contributed by atoms with Crippen molar-refractivity contribution in [1.29, 1.82) is 0 Å². The van der Waals surface area contributed by atoms with Crippen molar-refractivity contribution in [2.75, 3.05) is 32.8 Å². The molecule has 1 fully saturated rings. The lowest BCUT2D eigenvalue weighted by Crippen LogP contribution is -2.42. The van der Waals surface area contributed by atoms with Gasteiger partial charge >= 0.3 is 0 Å². The quantitative estimate of drug-likeness (QED) is 0.541. The molecule has 0 radical (unpaired) electrons. The summed E-state index contributed by atoms with van der Waals surface area (Å²) in [5.41, 5.74) is 3.52. The zero-order chi connectivity index (χ0) is 27.5. The monoisotopic (exact) mass is 540 g/mol. The summed E-state index contributed by atoms with van der Waals surface area (Å²) in [6, 6.07) is 15.2. The second-order valence-electron chi connectivity index (χ2n) is 10.4. The average molecular weight is 541 g/mol. The number of nitrogens with one attached hydrogen (secondary N) is 1. The number of hydrogen-bond acceptors (Lipinski definition) is 6. The number of pyridine rings is 1. The minimum atomic E-state index is -0.286. The molecule has 2 aromatic carbocycles. The Hall–Kier alpha value is -4.40. The lowest BCUT2D eigenvalue weighted by atomic mass is 9.87. The van der Waals surface area contributed by atoms with Crippen LogP contribution in [0, 0.1) is 0 Å². The van der Waals surface area contributed by atoms with Gasteiger partial charge in [0.25, 0.3) is 5.91 Å². The molecule has 4 aliphatic rings. The summed E-state index contributed by atoms with van der Waals surface area (Å²) in [7, 11) is 0. The Morgan fingerprint density at radius 3 is 2.77 bits per heavy atom. The molecule has 9 heteroatoms. The van der Waals surface area contributed by atoms with Crippen LogP contribution in [0.1, 0.15) is 58.8 Å². The van der Waals surface area contributed by atoms with Crippen molar-refractivity contribution < 1.29 is 23.9 Å². The third kappa shape index (κ3) is 5.50. The first-order valence-electron chi connectivity index (χ1n) is 13.9. The number of hydrogen-bond donors (Lipinski definition) is 1. The highest BCUT2D eigenvalue weighted by Gasteiger charge is 2.33. The van der Waals surface area contributed by atoms with E-state index in [9.17, 15) is 14.4 Å². The number of rotatable bonds is 3. The first-order chi connectivity index (χ1) is 19.5. The molecule has 4 aliphatic heterocycles. The molecule has 206 valence electrons. The molecule has 0 aliphatic carbocycles. The molecular formula is C31H32N4O5. The maximum atomic E-state index is 13.6. The fourth-order valence-electron chi connectivity index (χ4n) is 5.69. The van der Waals surface area contributed by atoms with E-state index < -0.39 is 0 Å². The van der Waals surface area contributed by atoms with E-state index in [2.05, 4.69) is 10.3 Å². The molecule has 7 rings (SSSR count). The van der Waals surface area contributed by atoms with E-state index >= 15 is 0 Å². The largest absolute Gasteiger partial charge is 0.494 e. The molecule has 0 spiro atoms. The third-order valence-corrected chi connectivity index (χ3v) is 7.69. The van der Waals surface area contributed by atoms with Gasteiger partial charge in [0.2, 0.25) is 11.8 Å². The van der Waals surface area contributed by atoms with Crippen molar-refractivity contribution in [3.8, 4) is 17.2 Å². The summed E-state index contributed by atoms with van der Waals surface area (Å²) in [5.74, 6) is 1.78. The molecule has 5 heterocycles. The molecule has 1 N–H and O–H groups in total. The Morgan fingerprint density at radius 1 is 0.975 bits per heavy atom. The van der Waals surface area contributed by atoms with E-state index in [0.717, 1.165) is 29.7 Å². The van der Waals surface area contributed by atoms with Crippen molar-refractivity contribution in [1.82, 2.24) is 20.1 Å². The standard InChI is InChI=1S/C31H32N4O5/c36-28-6-2-12-34(28)13-10-29(37)35-14-9-21-16-25-7-8-27(21)30(35)22-4-1-5-24(17-22)39-15-3-11-33-31(38)23-18-26(40-25)20-32-19-23/h1,4-5,7-8,16-20,30H,2-3,6,9-15H2,(H,33,38). The fraction of sp³-hybridized carbons (Fsp3) is 0.355. The number of carbonyl (C=O) groups excluding carboxylic acids is 3. The van der Waals surface area contributed by atoms with Crippen molar-refractivity contribution >= 4 is 17.7 Å². The molecule has 40 heavy (non-hydrogen) atoms. The maximum Gasteiger partial charge on any atom is 0.252 e. The van der Waals surface area contributed by atoms with Crippen LogP contribution in [0.4, 0.5) is 0 Å². The van der Waals surface area contributed by atoms with Crippen LogP contribution in [0.25, 0.3) is 0 Å². The van der Waals surface area contributed by atoms with Crippen LogP contribution < -0.4 is 14.8 Å². The van der Waals surface area contributed by atoms with E-state index in [1.165, 1.54) is 6.20 Å². The van der Waals surface area contributed by atoms with Gasteiger partial charge in [-0.15, -0.1) is 0 Å². The molecule has 1 aromatic heterocycles. The number of carbonyl (C=O) groups is 3. The summed E-state index contributed by atoms with van der Waals surface area (Å²) in [6.07, 6.45) is 6.13. The van der Waals surface area contributed by atoms with Crippen LogP contribution in [0.15, 0.2) is 60.9 Å². The lowest BCUT2D eigenvalue weighted by Gasteiger charge is -2.38. The molecular weight excluding hydrogens is 508 g/mol. The second kappa shape index (κ2) is 11.4. The summed E-state index contributed by atoms with van der Waals surface area (Å²) in [6.45, 7) is 2.62. The fourth-order valence-corrected chi connectivity index (χ4v) is 5.69. The Morgan fingerprint density at radius 2 is 1.90 bits per heavy atom. The summed E-state index contributed by atoms with van der Waals surface area (Å²) >= 11 is 0. The topological polar surface area (TPSA) is 101 Å². The highest BCUT2D eigenvalue weighted by Crippen LogP contribution is 2.39. The molecule has 1 unspecified atom stereocenters. The van der Waals surface area contributed by atoms with Gasteiger partial charge in [-0.25, -0.2) is 0 Å². The van der Waals surface area contributed by atoms with Crippen LogP contribution in [-0.2, 0) is 16.0 Å². The zero-order valence-corrected chi connectivity index (χ0v) is 22.3. The number of amides is 3. The van der Waals surface area contributed by atoms with Gasteiger partial charge in [0, 0.05) is 45.2 Å². The van der Waals surface area contributed by atoms with E-state index in [0.29, 0.717) is 74.7 Å². The van der Waals surface area contributed by atoms with E-state index in [4.69, 9.17) is 9.47 Å².